The monoisotopic (exact) mass is 290 g/mol. The molecule has 1 heterocycles. The van der Waals surface area contributed by atoms with Crippen molar-refractivity contribution in [2.75, 3.05) is 7.11 Å². The highest BCUT2D eigenvalue weighted by molar-refractivity contribution is 5.43. The molecule has 1 unspecified atom stereocenters. The van der Waals surface area contributed by atoms with Gasteiger partial charge >= 0.3 is 0 Å². The summed E-state index contributed by atoms with van der Waals surface area (Å²) in [4.78, 5) is 0. The second kappa shape index (κ2) is 5.20. The lowest BCUT2D eigenvalue weighted by Crippen LogP contribution is -2.40. The van der Waals surface area contributed by atoms with Gasteiger partial charge in [0.1, 0.15) is 17.1 Å². The van der Waals surface area contributed by atoms with Crippen molar-refractivity contribution in [2.45, 2.75) is 64.1 Å². The average molecular weight is 290 g/mol. The number of aliphatic hydroxyl groups is 1. The number of aliphatic hydroxyl groups excluding tert-OH is 1. The molecule has 1 spiro atoms. The summed E-state index contributed by atoms with van der Waals surface area (Å²) >= 11 is 0. The predicted molar refractivity (Wildman–Crippen MR) is 82.8 cm³/mol. The Morgan fingerprint density at radius 3 is 2.76 bits per heavy atom. The van der Waals surface area contributed by atoms with Crippen LogP contribution in [0.15, 0.2) is 18.2 Å². The first-order valence-electron chi connectivity index (χ1n) is 7.98. The van der Waals surface area contributed by atoms with Gasteiger partial charge in [-0.3, -0.25) is 0 Å². The van der Waals surface area contributed by atoms with E-state index < -0.39 is 6.10 Å². The summed E-state index contributed by atoms with van der Waals surface area (Å²) in [6.07, 6.45) is 5.88. The Hall–Kier alpha value is -1.22. The molecule has 0 bridgehead atoms. The van der Waals surface area contributed by atoms with Crippen LogP contribution in [0.3, 0.4) is 0 Å². The van der Waals surface area contributed by atoms with Gasteiger partial charge in [-0.2, -0.15) is 0 Å². The standard InChI is InChI=1S/C18H26O3/c1-17(2)7-4-8-18(10-9-17)12-15(19)14-11-13(20-3)5-6-16(14)21-18/h5-6,11,15,19H,4,7-10,12H2,1-3H3/t15-,18?/m1/s1. The third kappa shape index (κ3) is 2.89. The van der Waals surface area contributed by atoms with Crippen LogP contribution in [0.1, 0.15) is 64.0 Å². The Balaban J connectivity index is 1.87. The van der Waals surface area contributed by atoms with E-state index >= 15 is 0 Å². The Labute approximate surface area is 127 Å². The van der Waals surface area contributed by atoms with E-state index in [-0.39, 0.29) is 5.60 Å². The van der Waals surface area contributed by atoms with Crippen LogP contribution in [-0.2, 0) is 0 Å². The van der Waals surface area contributed by atoms with Gasteiger partial charge in [-0.15, -0.1) is 0 Å². The minimum absolute atomic E-state index is 0.186. The second-order valence-corrected chi connectivity index (χ2v) is 7.43. The van der Waals surface area contributed by atoms with Gasteiger partial charge < -0.3 is 14.6 Å². The molecule has 21 heavy (non-hydrogen) atoms. The zero-order chi connectivity index (χ0) is 15.1. The SMILES string of the molecule is COc1ccc2c(c1)[C@H](O)CC1(CCCC(C)(C)CC1)O2. The van der Waals surface area contributed by atoms with Crippen molar-refractivity contribution in [3.05, 3.63) is 23.8 Å². The minimum atomic E-state index is -0.454. The van der Waals surface area contributed by atoms with Gasteiger partial charge in [0.25, 0.3) is 0 Å². The van der Waals surface area contributed by atoms with Gasteiger partial charge in [0, 0.05) is 12.0 Å². The quantitative estimate of drug-likeness (QED) is 0.840. The van der Waals surface area contributed by atoms with E-state index in [0.717, 1.165) is 36.3 Å². The van der Waals surface area contributed by atoms with E-state index in [4.69, 9.17) is 9.47 Å². The molecule has 1 aromatic carbocycles. The minimum Gasteiger partial charge on any atom is -0.497 e. The van der Waals surface area contributed by atoms with Crippen molar-refractivity contribution in [2.24, 2.45) is 5.41 Å². The Morgan fingerprint density at radius 1 is 1.19 bits per heavy atom. The zero-order valence-corrected chi connectivity index (χ0v) is 13.3. The summed E-state index contributed by atoms with van der Waals surface area (Å²) in [7, 11) is 1.65. The van der Waals surface area contributed by atoms with Crippen molar-refractivity contribution in [3.63, 3.8) is 0 Å². The summed E-state index contributed by atoms with van der Waals surface area (Å²) in [5.74, 6) is 1.60. The summed E-state index contributed by atoms with van der Waals surface area (Å²) in [5.41, 5.74) is 1.07. The molecule has 3 nitrogen and oxygen atoms in total. The van der Waals surface area contributed by atoms with E-state index in [1.54, 1.807) is 7.11 Å². The molecule has 1 aliphatic heterocycles. The Kier molecular flexibility index (Phi) is 3.64. The van der Waals surface area contributed by atoms with Crippen molar-refractivity contribution >= 4 is 0 Å². The maximum Gasteiger partial charge on any atom is 0.126 e. The normalized spacial score (nSPS) is 31.1. The molecular weight excluding hydrogens is 264 g/mol. The molecular formula is C18H26O3. The molecule has 3 rings (SSSR count). The van der Waals surface area contributed by atoms with Crippen LogP contribution in [0.2, 0.25) is 0 Å². The third-order valence-corrected chi connectivity index (χ3v) is 5.21. The molecule has 1 saturated carbocycles. The molecule has 116 valence electrons. The lowest BCUT2D eigenvalue weighted by molar-refractivity contribution is -0.0261. The van der Waals surface area contributed by atoms with E-state index in [1.165, 1.54) is 12.8 Å². The second-order valence-electron chi connectivity index (χ2n) is 7.43. The van der Waals surface area contributed by atoms with Crippen molar-refractivity contribution in [1.29, 1.82) is 0 Å². The first kappa shape index (κ1) is 14.7. The molecule has 0 saturated heterocycles. The molecule has 1 N–H and O–H groups in total. The highest BCUT2D eigenvalue weighted by atomic mass is 16.5. The zero-order valence-electron chi connectivity index (χ0n) is 13.3. The molecule has 2 atom stereocenters. The maximum absolute atomic E-state index is 10.6. The van der Waals surface area contributed by atoms with E-state index in [2.05, 4.69) is 13.8 Å². The number of hydrogen-bond acceptors (Lipinski definition) is 3. The molecule has 1 fully saturated rings. The fraction of sp³-hybridized carbons (Fsp3) is 0.667. The van der Waals surface area contributed by atoms with Crippen LogP contribution >= 0.6 is 0 Å². The summed E-state index contributed by atoms with van der Waals surface area (Å²) in [6, 6.07) is 5.74. The van der Waals surface area contributed by atoms with Crippen molar-refractivity contribution < 1.29 is 14.6 Å². The first-order valence-corrected chi connectivity index (χ1v) is 7.98. The van der Waals surface area contributed by atoms with Crippen molar-refractivity contribution in [3.8, 4) is 11.5 Å². The van der Waals surface area contributed by atoms with Crippen LogP contribution in [0, 0.1) is 5.41 Å². The first-order chi connectivity index (χ1) is 9.93. The predicted octanol–water partition coefficient (Wildman–Crippen LogP) is 4.24. The highest BCUT2D eigenvalue weighted by Crippen LogP contribution is 2.48. The van der Waals surface area contributed by atoms with Crippen LogP contribution in [0.5, 0.6) is 11.5 Å². The number of hydrogen-bond donors (Lipinski definition) is 1. The van der Waals surface area contributed by atoms with Crippen LogP contribution < -0.4 is 9.47 Å². The Morgan fingerprint density at radius 2 is 2.00 bits per heavy atom. The summed E-state index contributed by atoms with van der Waals surface area (Å²) < 4.78 is 11.6. The average Bonchev–Trinajstić information content (AvgIpc) is 2.58. The lowest BCUT2D eigenvalue weighted by atomic mass is 9.81. The van der Waals surface area contributed by atoms with E-state index in [9.17, 15) is 5.11 Å². The highest BCUT2D eigenvalue weighted by Gasteiger charge is 2.43. The summed E-state index contributed by atoms with van der Waals surface area (Å²) in [6.45, 7) is 4.67. The largest absolute Gasteiger partial charge is 0.497 e. The van der Waals surface area contributed by atoms with Gasteiger partial charge in [0.2, 0.25) is 0 Å². The van der Waals surface area contributed by atoms with Crippen LogP contribution in [0.4, 0.5) is 0 Å². The lowest BCUT2D eigenvalue weighted by Gasteiger charge is -2.41. The third-order valence-electron chi connectivity index (χ3n) is 5.21. The number of ether oxygens (including phenoxy) is 2. The van der Waals surface area contributed by atoms with Crippen molar-refractivity contribution in [1.82, 2.24) is 0 Å². The van der Waals surface area contributed by atoms with Crippen LogP contribution in [0.25, 0.3) is 0 Å². The fourth-order valence-corrected chi connectivity index (χ4v) is 3.76. The number of fused-ring (bicyclic) bond motifs is 1. The maximum atomic E-state index is 10.6. The smallest absolute Gasteiger partial charge is 0.126 e. The van der Waals surface area contributed by atoms with Gasteiger partial charge in [-0.25, -0.2) is 0 Å². The molecule has 1 aromatic rings. The van der Waals surface area contributed by atoms with Gasteiger partial charge in [-0.05, 0) is 55.7 Å². The fourth-order valence-electron chi connectivity index (χ4n) is 3.76. The molecule has 0 radical (unpaired) electrons. The number of methoxy groups -OCH3 is 1. The van der Waals surface area contributed by atoms with Gasteiger partial charge in [0.05, 0.1) is 13.2 Å². The Bertz CT molecular complexity index is 523. The molecule has 0 amide bonds. The molecule has 2 aliphatic rings. The topological polar surface area (TPSA) is 38.7 Å². The molecule has 1 aliphatic carbocycles. The van der Waals surface area contributed by atoms with Crippen LogP contribution in [-0.4, -0.2) is 17.8 Å². The molecule has 3 heteroatoms. The van der Waals surface area contributed by atoms with E-state index in [1.807, 2.05) is 18.2 Å². The number of benzene rings is 1. The number of rotatable bonds is 1. The summed E-state index contributed by atoms with van der Waals surface area (Å²) in [5, 5.41) is 10.6. The molecule has 0 aromatic heterocycles. The van der Waals surface area contributed by atoms with Gasteiger partial charge in [0.15, 0.2) is 0 Å². The van der Waals surface area contributed by atoms with Gasteiger partial charge in [-0.1, -0.05) is 13.8 Å². The van der Waals surface area contributed by atoms with E-state index in [0.29, 0.717) is 11.8 Å².